The lowest BCUT2D eigenvalue weighted by Gasteiger charge is -2.36. The number of anilines is 1. The van der Waals surface area contributed by atoms with E-state index in [1.807, 2.05) is 24.3 Å². The molecule has 1 fully saturated rings. The van der Waals surface area contributed by atoms with Crippen molar-refractivity contribution in [3.63, 3.8) is 0 Å². The van der Waals surface area contributed by atoms with Gasteiger partial charge in [0.1, 0.15) is 0 Å². The number of rotatable bonds is 10. The molecule has 0 unspecified atom stereocenters. The second-order valence-electron chi connectivity index (χ2n) is 9.33. The zero-order valence-corrected chi connectivity index (χ0v) is 22.9. The molecule has 1 aliphatic rings. The van der Waals surface area contributed by atoms with Crippen LogP contribution < -0.4 is 5.32 Å². The van der Waals surface area contributed by atoms with Gasteiger partial charge in [0, 0.05) is 35.2 Å². The molecule has 0 saturated carbocycles. The van der Waals surface area contributed by atoms with Crippen LogP contribution in [0.15, 0.2) is 77.7 Å². The smallest absolute Gasteiger partial charge is 0.336 e. The SMILES string of the molecule is CC(=O)O[C@@H](C)C(=O)Nc1ccc([C@H]2O[C@@H](CSc3ccccc3C(=O)O)C[C@@H](c3ccc(CO)cc3)O2)cc1. The van der Waals surface area contributed by atoms with Crippen LogP contribution in [-0.4, -0.2) is 46.0 Å². The van der Waals surface area contributed by atoms with E-state index in [-0.39, 0.29) is 24.4 Å². The van der Waals surface area contributed by atoms with Gasteiger partial charge >= 0.3 is 11.9 Å². The number of aromatic carboxylic acids is 1. The summed E-state index contributed by atoms with van der Waals surface area (Å²) < 4.78 is 17.6. The first-order chi connectivity index (χ1) is 19.2. The van der Waals surface area contributed by atoms with Crippen molar-refractivity contribution in [3.05, 3.63) is 95.1 Å². The first-order valence-electron chi connectivity index (χ1n) is 12.8. The van der Waals surface area contributed by atoms with Crippen LogP contribution in [0.4, 0.5) is 5.69 Å². The number of carboxylic acids is 1. The number of esters is 1. The second kappa shape index (κ2) is 13.6. The number of thioether (sulfide) groups is 1. The first kappa shape index (κ1) is 29.3. The van der Waals surface area contributed by atoms with E-state index in [4.69, 9.17) is 14.2 Å². The number of benzene rings is 3. The molecule has 3 aromatic carbocycles. The molecule has 1 aliphatic heterocycles. The standard InChI is InChI=1S/C30H31NO8S/c1-18(37-19(2)33)28(34)31-23-13-11-22(12-14-23)30-38-24(17-40-27-6-4-3-5-25(27)29(35)36)15-26(39-30)21-9-7-20(16-32)8-10-21/h3-14,18,24,26,30,32H,15-17H2,1-2H3,(H,31,34)(H,35,36)/t18-,24+,26-,30-/m0/s1. The number of aliphatic hydroxyl groups excluding tert-OH is 1. The summed E-state index contributed by atoms with van der Waals surface area (Å²) in [7, 11) is 0. The highest BCUT2D eigenvalue weighted by Crippen LogP contribution is 2.40. The minimum Gasteiger partial charge on any atom is -0.478 e. The van der Waals surface area contributed by atoms with Gasteiger partial charge in [-0.05, 0) is 42.3 Å². The van der Waals surface area contributed by atoms with Crippen LogP contribution in [0, 0.1) is 0 Å². The zero-order chi connectivity index (χ0) is 28.6. The van der Waals surface area contributed by atoms with E-state index in [0.29, 0.717) is 22.8 Å². The van der Waals surface area contributed by atoms with E-state index < -0.39 is 30.2 Å². The third kappa shape index (κ3) is 7.70. The minimum atomic E-state index is -0.981. The summed E-state index contributed by atoms with van der Waals surface area (Å²) in [6.07, 6.45) is -1.63. The maximum atomic E-state index is 12.3. The van der Waals surface area contributed by atoms with E-state index in [1.54, 1.807) is 48.5 Å². The molecule has 3 N–H and O–H groups in total. The minimum absolute atomic E-state index is 0.0532. The van der Waals surface area contributed by atoms with E-state index >= 15 is 0 Å². The topological polar surface area (TPSA) is 131 Å². The lowest BCUT2D eigenvalue weighted by atomic mass is 10.0. The van der Waals surface area contributed by atoms with Crippen molar-refractivity contribution in [2.45, 2.75) is 56.4 Å². The van der Waals surface area contributed by atoms with Crippen LogP contribution in [0.2, 0.25) is 0 Å². The van der Waals surface area contributed by atoms with Gasteiger partial charge in [-0.3, -0.25) is 9.59 Å². The second-order valence-corrected chi connectivity index (χ2v) is 10.4. The molecule has 0 radical (unpaired) electrons. The molecule has 210 valence electrons. The number of carbonyl (C=O) groups excluding carboxylic acids is 2. The third-order valence-electron chi connectivity index (χ3n) is 6.32. The summed E-state index contributed by atoms with van der Waals surface area (Å²) in [4.78, 5) is 35.7. The van der Waals surface area contributed by atoms with Gasteiger partial charge in [0.15, 0.2) is 12.4 Å². The Bertz CT molecular complexity index is 1330. The van der Waals surface area contributed by atoms with Gasteiger partial charge in [0.25, 0.3) is 5.91 Å². The van der Waals surface area contributed by atoms with Crippen molar-refractivity contribution in [1.82, 2.24) is 0 Å². The molecule has 9 nitrogen and oxygen atoms in total. The Hall–Kier alpha value is -3.70. The van der Waals surface area contributed by atoms with E-state index in [2.05, 4.69) is 5.32 Å². The van der Waals surface area contributed by atoms with Crippen LogP contribution in [0.3, 0.4) is 0 Å². The van der Waals surface area contributed by atoms with Gasteiger partial charge in [-0.25, -0.2) is 4.79 Å². The molecule has 0 spiro atoms. The molecule has 3 aromatic rings. The first-order valence-corrected chi connectivity index (χ1v) is 13.8. The molecule has 0 aromatic heterocycles. The fourth-order valence-corrected chi connectivity index (χ4v) is 5.31. The number of aliphatic hydroxyl groups is 1. The molecular weight excluding hydrogens is 534 g/mol. The highest BCUT2D eigenvalue weighted by Gasteiger charge is 2.32. The predicted molar refractivity (Wildman–Crippen MR) is 149 cm³/mol. The number of nitrogens with one attached hydrogen (secondary N) is 1. The lowest BCUT2D eigenvalue weighted by molar-refractivity contribution is -0.245. The Morgan fingerprint density at radius 3 is 2.33 bits per heavy atom. The maximum absolute atomic E-state index is 12.3. The van der Waals surface area contributed by atoms with Crippen molar-refractivity contribution < 1.29 is 38.8 Å². The van der Waals surface area contributed by atoms with Crippen molar-refractivity contribution in [1.29, 1.82) is 0 Å². The lowest BCUT2D eigenvalue weighted by Crippen LogP contribution is -2.31. The molecule has 4 rings (SSSR count). The molecule has 0 bridgehead atoms. The number of ether oxygens (including phenoxy) is 3. The summed E-state index contributed by atoms with van der Waals surface area (Å²) in [6.45, 7) is 2.69. The number of hydrogen-bond donors (Lipinski definition) is 3. The van der Waals surface area contributed by atoms with Crippen molar-refractivity contribution in [3.8, 4) is 0 Å². The van der Waals surface area contributed by atoms with E-state index in [9.17, 15) is 24.6 Å². The summed E-state index contributed by atoms with van der Waals surface area (Å²) in [5.74, 6) is -1.45. The average molecular weight is 566 g/mol. The zero-order valence-electron chi connectivity index (χ0n) is 22.1. The van der Waals surface area contributed by atoms with Gasteiger partial charge in [0.05, 0.1) is 24.4 Å². The highest BCUT2D eigenvalue weighted by atomic mass is 32.2. The van der Waals surface area contributed by atoms with Crippen LogP contribution >= 0.6 is 11.8 Å². The average Bonchev–Trinajstić information content (AvgIpc) is 2.96. The van der Waals surface area contributed by atoms with Crippen LogP contribution in [0.5, 0.6) is 0 Å². The van der Waals surface area contributed by atoms with Crippen LogP contribution in [0.1, 0.15) is 59.7 Å². The van der Waals surface area contributed by atoms with Crippen LogP contribution in [0.25, 0.3) is 0 Å². The summed E-state index contributed by atoms with van der Waals surface area (Å²) in [5, 5.41) is 21.7. The van der Waals surface area contributed by atoms with Crippen molar-refractivity contribution >= 4 is 35.3 Å². The molecule has 0 aliphatic carbocycles. The molecule has 1 heterocycles. The Labute approximate surface area is 236 Å². The van der Waals surface area contributed by atoms with Gasteiger partial charge in [0.2, 0.25) is 0 Å². The van der Waals surface area contributed by atoms with Gasteiger partial charge in [-0.2, -0.15) is 0 Å². The Kier molecular flexibility index (Phi) is 9.94. The number of amides is 1. The quantitative estimate of drug-likeness (QED) is 0.227. The van der Waals surface area contributed by atoms with Crippen LogP contribution in [-0.2, 0) is 30.4 Å². The van der Waals surface area contributed by atoms with Crippen molar-refractivity contribution in [2.24, 2.45) is 0 Å². The Morgan fingerprint density at radius 2 is 1.68 bits per heavy atom. The fourth-order valence-electron chi connectivity index (χ4n) is 4.24. The number of hydrogen-bond acceptors (Lipinski definition) is 8. The molecule has 1 saturated heterocycles. The van der Waals surface area contributed by atoms with Gasteiger partial charge in [-0.15, -0.1) is 11.8 Å². The largest absolute Gasteiger partial charge is 0.478 e. The molecule has 4 atom stereocenters. The highest BCUT2D eigenvalue weighted by molar-refractivity contribution is 7.99. The predicted octanol–water partition coefficient (Wildman–Crippen LogP) is 5.10. The Morgan fingerprint density at radius 1 is 1.00 bits per heavy atom. The molecule has 40 heavy (non-hydrogen) atoms. The summed E-state index contributed by atoms with van der Waals surface area (Å²) in [6, 6.07) is 21.4. The molecule has 10 heteroatoms. The molecular formula is C30H31NO8S. The summed E-state index contributed by atoms with van der Waals surface area (Å²) >= 11 is 1.42. The Balaban J connectivity index is 1.50. The van der Waals surface area contributed by atoms with Gasteiger partial charge < -0.3 is 29.7 Å². The number of carboxylic acid groups (broad SMARTS) is 1. The number of carbonyl (C=O) groups is 3. The normalized spacial score (nSPS) is 19.4. The van der Waals surface area contributed by atoms with Crippen molar-refractivity contribution in [2.75, 3.05) is 11.1 Å². The fraction of sp³-hybridized carbons (Fsp3) is 0.300. The molecule has 1 amide bonds. The third-order valence-corrected chi connectivity index (χ3v) is 7.52. The van der Waals surface area contributed by atoms with E-state index in [0.717, 1.165) is 16.7 Å². The van der Waals surface area contributed by atoms with E-state index in [1.165, 1.54) is 25.6 Å². The summed E-state index contributed by atoms with van der Waals surface area (Å²) in [5.41, 5.74) is 3.24. The monoisotopic (exact) mass is 565 g/mol. The maximum Gasteiger partial charge on any atom is 0.336 e. The van der Waals surface area contributed by atoms with Gasteiger partial charge in [-0.1, -0.05) is 48.5 Å².